The Hall–Kier alpha value is -1.95. The zero-order valence-electron chi connectivity index (χ0n) is 10.5. The largest absolute Gasteiger partial charge is 0.484 e. The van der Waals surface area contributed by atoms with Gasteiger partial charge in [-0.05, 0) is 18.7 Å². The maximum absolute atomic E-state index is 5.50. The van der Waals surface area contributed by atoms with Crippen LogP contribution in [0.3, 0.4) is 0 Å². The number of rotatable bonds is 6. The first-order chi connectivity index (χ1) is 8.78. The Morgan fingerprint density at radius 3 is 2.89 bits per heavy atom. The zero-order chi connectivity index (χ0) is 12.8. The number of ether oxygens (including phenoxy) is 1. The Morgan fingerprint density at radius 1 is 1.39 bits per heavy atom. The fourth-order valence-corrected chi connectivity index (χ4v) is 1.40. The molecule has 2 heterocycles. The first-order valence-corrected chi connectivity index (χ1v) is 5.85. The highest BCUT2D eigenvalue weighted by atomic mass is 16.5. The number of aryl methyl sites for hydroxylation is 1. The monoisotopic (exact) mass is 248 g/mol. The quantitative estimate of drug-likeness (QED) is 0.834. The average molecular weight is 248 g/mol. The van der Waals surface area contributed by atoms with Gasteiger partial charge in [0, 0.05) is 13.5 Å². The molecule has 1 N–H and O–H groups in total. The summed E-state index contributed by atoms with van der Waals surface area (Å²) in [5.41, 5.74) is 0.986. The van der Waals surface area contributed by atoms with Crippen LogP contribution in [-0.2, 0) is 13.2 Å². The molecule has 2 rings (SSSR count). The van der Waals surface area contributed by atoms with E-state index in [-0.39, 0.29) is 6.61 Å². The fourth-order valence-electron chi connectivity index (χ4n) is 1.40. The predicted molar refractivity (Wildman–Crippen MR) is 65.0 cm³/mol. The van der Waals surface area contributed by atoms with Crippen LogP contribution in [0.4, 0.5) is 0 Å². The summed E-state index contributed by atoms with van der Waals surface area (Å²) in [7, 11) is 0. The van der Waals surface area contributed by atoms with Gasteiger partial charge in [0.2, 0.25) is 11.7 Å². The topological polar surface area (TPSA) is 73.1 Å². The highest BCUT2D eigenvalue weighted by Gasteiger charge is 2.03. The maximum Gasteiger partial charge on any atom is 0.223 e. The van der Waals surface area contributed by atoms with Gasteiger partial charge in [-0.15, -0.1) is 0 Å². The standard InChI is InChI=1S/C12H16N4O2/c1-3-13-6-10-4-5-11(7-14-10)17-8-12-15-9(2)18-16-12/h4-5,7,13H,3,6,8H2,1-2H3. The van der Waals surface area contributed by atoms with E-state index in [2.05, 4.69) is 27.4 Å². The van der Waals surface area contributed by atoms with Crippen LogP contribution in [0.2, 0.25) is 0 Å². The molecular weight excluding hydrogens is 232 g/mol. The van der Waals surface area contributed by atoms with Crippen LogP contribution in [0.1, 0.15) is 24.3 Å². The summed E-state index contributed by atoms with van der Waals surface area (Å²) in [6, 6.07) is 3.81. The van der Waals surface area contributed by atoms with E-state index in [9.17, 15) is 0 Å². The van der Waals surface area contributed by atoms with Gasteiger partial charge in [-0.25, -0.2) is 0 Å². The van der Waals surface area contributed by atoms with Crippen molar-refractivity contribution in [1.29, 1.82) is 0 Å². The molecule has 0 aromatic carbocycles. The Kier molecular flexibility index (Phi) is 4.25. The Bertz CT molecular complexity index is 481. The second kappa shape index (κ2) is 6.11. The molecule has 18 heavy (non-hydrogen) atoms. The van der Waals surface area contributed by atoms with Gasteiger partial charge in [0.05, 0.1) is 11.9 Å². The van der Waals surface area contributed by atoms with E-state index in [4.69, 9.17) is 9.26 Å². The lowest BCUT2D eigenvalue weighted by molar-refractivity contribution is 0.284. The lowest BCUT2D eigenvalue weighted by atomic mass is 10.3. The van der Waals surface area contributed by atoms with Crippen LogP contribution in [-0.4, -0.2) is 21.7 Å². The van der Waals surface area contributed by atoms with Gasteiger partial charge in [0.25, 0.3) is 0 Å². The number of nitrogens with one attached hydrogen (secondary N) is 1. The molecule has 0 aliphatic heterocycles. The molecular formula is C12H16N4O2. The van der Waals surface area contributed by atoms with Crippen molar-refractivity contribution in [1.82, 2.24) is 20.4 Å². The second-order valence-electron chi connectivity index (χ2n) is 3.78. The van der Waals surface area contributed by atoms with Crippen molar-refractivity contribution in [2.45, 2.75) is 27.0 Å². The maximum atomic E-state index is 5.50. The molecule has 0 unspecified atom stereocenters. The minimum atomic E-state index is 0.283. The molecule has 96 valence electrons. The molecule has 0 saturated carbocycles. The second-order valence-corrected chi connectivity index (χ2v) is 3.78. The molecule has 6 nitrogen and oxygen atoms in total. The third-order valence-corrected chi connectivity index (χ3v) is 2.29. The Balaban J connectivity index is 1.86. The van der Waals surface area contributed by atoms with E-state index in [1.165, 1.54) is 0 Å². The zero-order valence-corrected chi connectivity index (χ0v) is 10.5. The number of hydrogen-bond acceptors (Lipinski definition) is 6. The number of pyridine rings is 1. The van der Waals surface area contributed by atoms with Crippen LogP contribution in [0.15, 0.2) is 22.9 Å². The van der Waals surface area contributed by atoms with Crippen molar-refractivity contribution >= 4 is 0 Å². The van der Waals surface area contributed by atoms with Crippen LogP contribution in [0.25, 0.3) is 0 Å². The van der Waals surface area contributed by atoms with Crippen molar-refractivity contribution < 1.29 is 9.26 Å². The van der Waals surface area contributed by atoms with E-state index in [1.54, 1.807) is 13.1 Å². The van der Waals surface area contributed by atoms with E-state index >= 15 is 0 Å². The van der Waals surface area contributed by atoms with Gasteiger partial charge < -0.3 is 14.6 Å². The summed E-state index contributed by atoms with van der Waals surface area (Å²) in [6.07, 6.45) is 1.69. The summed E-state index contributed by atoms with van der Waals surface area (Å²) in [5, 5.41) is 6.96. The molecule has 0 aliphatic carbocycles. The predicted octanol–water partition coefficient (Wildman–Crippen LogP) is 1.46. The lowest BCUT2D eigenvalue weighted by Gasteiger charge is -2.04. The first kappa shape index (κ1) is 12.5. The molecule has 0 bridgehead atoms. The fraction of sp³-hybridized carbons (Fsp3) is 0.417. The van der Waals surface area contributed by atoms with E-state index < -0.39 is 0 Å². The normalized spacial score (nSPS) is 10.6. The molecule has 0 aliphatic rings. The minimum Gasteiger partial charge on any atom is -0.484 e. The molecule has 2 aromatic heterocycles. The molecule has 0 fully saturated rings. The third kappa shape index (κ3) is 3.53. The van der Waals surface area contributed by atoms with Crippen LogP contribution < -0.4 is 10.1 Å². The molecule has 0 radical (unpaired) electrons. The summed E-state index contributed by atoms with van der Waals surface area (Å²) >= 11 is 0. The Morgan fingerprint density at radius 2 is 2.28 bits per heavy atom. The highest BCUT2D eigenvalue weighted by Crippen LogP contribution is 2.10. The van der Waals surface area contributed by atoms with Gasteiger partial charge in [-0.2, -0.15) is 4.98 Å². The Labute approximate surface area is 105 Å². The summed E-state index contributed by atoms with van der Waals surface area (Å²) in [4.78, 5) is 8.33. The molecule has 2 aromatic rings. The van der Waals surface area contributed by atoms with Gasteiger partial charge in [-0.1, -0.05) is 12.1 Å². The van der Waals surface area contributed by atoms with E-state index in [1.807, 2.05) is 12.1 Å². The van der Waals surface area contributed by atoms with E-state index in [0.717, 1.165) is 18.8 Å². The van der Waals surface area contributed by atoms with Crippen LogP contribution in [0.5, 0.6) is 5.75 Å². The summed E-state index contributed by atoms with van der Waals surface area (Å²) in [5.74, 6) is 1.76. The smallest absolute Gasteiger partial charge is 0.223 e. The van der Waals surface area contributed by atoms with Gasteiger partial charge >= 0.3 is 0 Å². The first-order valence-electron chi connectivity index (χ1n) is 5.85. The van der Waals surface area contributed by atoms with Crippen molar-refractivity contribution in [2.24, 2.45) is 0 Å². The van der Waals surface area contributed by atoms with Crippen molar-refractivity contribution in [3.63, 3.8) is 0 Å². The third-order valence-electron chi connectivity index (χ3n) is 2.29. The van der Waals surface area contributed by atoms with Crippen LogP contribution in [0, 0.1) is 6.92 Å². The van der Waals surface area contributed by atoms with Crippen LogP contribution >= 0.6 is 0 Å². The van der Waals surface area contributed by atoms with Crippen molar-refractivity contribution in [3.8, 4) is 5.75 Å². The van der Waals surface area contributed by atoms with E-state index in [0.29, 0.717) is 17.5 Å². The lowest BCUT2D eigenvalue weighted by Crippen LogP contribution is -2.12. The molecule has 0 saturated heterocycles. The summed E-state index contributed by atoms with van der Waals surface area (Å²) in [6.45, 7) is 5.78. The van der Waals surface area contributed by atoms with Crippen molar-refractivity contribution in [3.05, 3.63) is 35.7 Å². The van der Waals surface area contributed by atoms with Gasteiger partial charge in [0.15, 0.2) is 6.61 Å². The van der Waals surface area contributed by atoms with Gasteiger partial charge in [-0.3, -0.25) is 4.98 Å². The van der Waals surface area contributed by atoms with Crippen molar-refractivity contribution in [2.75, 3.05) is 6.54 Å². The SMILES string of the molecule is CCNCc1ccc(OCc2noc(C)n2)cn1. The molecule has 0 amide bonds. The molecule has 6 heteroatoms. The number of aromatic nitrogens is 3. The highest BCUT2D eigenvalue weighted by molar-refractivity contribution is 5.19. The summed E-state index contributed by atoms with van der Waals surface area (Å²) < 4.78 is 10.3. The van der Waals surface area contributed by atoms with Gasteiger partial charge in [0.1, 0.15) is 5.75 Å². The minimum absolute atomic E-state index is 0.283. The number of nitrogens with zero attached hydrogens (tertiary/aromatic N) is 3. The number of hydrogen-bond donors (Lipinski definition) is 1. The molecule has 0 spiro atoms. The average Bonchev–Trinajstić information content (AvgIpc) is 2.81. The molecule has 0 atom stereocenters.